The fraction of sp³-hybridized carbons (Fsp3) is 0.273. The second kappa shape index (κ2) is 7.87. The lowest BCUT2D eigenvalue weighted by atomic mass is 9.96. The van der Waals surface area contributed by atoms with Crippen LogP contribution in [0.1, 0.15) is 37.9 Å². The molecule has 1 atom stereocenters. The molecule has 1 aromatic carbocycles. The predicted octanol–water partition coefficient (Wildman–Crippen LogP) is 3.55. The van der Waals surface area contributed by atoms with E-state index in [1.807, 2.05) is 55.9 Å². The van der Waals surface area contributed by atoms with Gasteiger partial charge in [-0.25, -0.2) is 4.68 Å². The summed E-state index contributed by atoms with van der Waals surface area (Å²) in [5, 5.41) is 9.86. The van der Waals surface area contributed by atoms with Gasteiger partial charge in [-0.15, -0.1) is 0 Å². The number of hydrogen-bond acceptors (Lipinski definition) is 5. The van der Waals surface area contributed by atoms with Crippen LogP contribution in [0.25, 0.3) is 16.6 Å². The summed E-state index contributed by atoms with van der Waals surface area (Å²) in [6, 6.07) is 9.52. The van der Waals surface area contributed by atoms with Crippen LogP contribution in [0.2, 0.25) is 0 Å². The molecular formula is C22H23N5O2. The van der Waals surface area contributed by atoms with E-state index in [1.165, 1.54) is 0 Å². The first-order valence-electron chi connectivity index (χ1n) is 9.74. The van der Waals surface area contributed by atoms with E-state index in [-0.39, 0.29) is 11.3 Å². The molecular weight excluding hydrogens is 366 g/mol. The molecule has 4 aromatic rings. The summed E-state index contributed by atoms with van der Waals surface area (Å²) in [5.41, 5.74) is 3.11. The fourth-order valence-electron chi connectivity index (χ4n) is 3.31. The first-order chi connectivity index (χ1) is 14.1. The second-order valence-corrected chi connectivity index (χ2v) is 6.84. The van der Waals surface area contributed by atoms with Crippen molar-refractivity contribution in [1.29, 1.82) is 0 Å². The molecule has 4 rings (SSSR count). The standard InChI is InChI=1S/C22H23N5O2/c1-4-26-14-18(12-24-26)27-9-8-21(28)22(25-27)15(3)16-6-7-20-17(10-16)11-19(13-23-20)29-5-2/h6-15H,4-5H2,1-3H3. The Balaban J connectivity index is 1.72. The molecule has 0 aliphatic rings. The van der Waals surface area contributed by atoms with E-state index in [4.69, 9.17) is 4.74 Å². The molecule has 0 saturated carbocycles. The number of aromatic nitrogens is 5. The molecule has 148 valence electrons. The Bertz CT molecular complexity index is 1210. The molecule has 29 heavy (non-hydrogen) atoms. The van der Waals surface area contributed by atoms with Crippen LogP contribution in [0.15, 0.2) is 59.9 Å². The maximum Gasteiger partial charge on any atom is 0.203 e. The van der Waals surface area contributed by atoms with E-state index in [2.05, 4.69) is 15.2 Å². The van der Waals surface area contributed by atoms with E-state index in [0.29, 0.717) is 12.3 Å². The van der Waals surface area contributed by atoms with Crippen molar-refractivity contribution in [3.05, 3.63) is 76.6 Å². The number of hydrogen-bond donors (Lipinski definition) is 0. The Hall–Kier alpha value is -3.48. The smallest absolute Gasteiger partial charge is 0.203 e. The zero-order valence-electron chi connectivity index (χ0n) is 16.7. The average Bonchev–Trinajstić information content (AvgIpc) is 3.23. The predicted molar refractivity (Wildman–Crippen MR) is 112 cm³/mol. The van der Waals surface area contributed by atoms with Gasteiger partial charge >= 0.3 is 0 Å². The lowest BCUT2D eigenvalue weighted by molar-refractivity contribution is 0.339. The molecule has 0 spiro atoms. The minimum absolute atomic E-state index is 0.0853. The van der Waals surface area contributed by atoms with Crippen molar-refractivity contribution in [3.63, 3.8) is 0 Å². The molecule has 0 amide bonds. The van der Waals surface area contributed by atoms with Crippen molar-refractivity contribution < 1.29 is 4.74 Å². The van der Waals surface area contributed by atoms with Crippen LogP contribution in [0.4, 0.5) is 0 Å². The summed E-state index contributed by atoms with van der Waals surface area (Å²) in [5.74, 6) is 0.564. The van der Waals surface area contributed by atoms with Crippen LogP contribution in [0.3, 0.4) is 0 Å². The minimum Gasteiger partial charge on any atom is -0.492 e. The van der Waals surface area contributed by atoms with E-state index < -0.39 is 0 Å². The third-order valence-corrected chi connectivity index (χ3v) is 4.94. The fourth-order valence-corrected chi connectivity index (χ4v) is 3.31. The highest BCUT2D eigenvalue weighted by atomic mass is 16.5. The number of ether oxygens (including phenoxy) is 1. The number of nitrogens with zero attached hydrogens (tertiary/aromatic N) is 5. The van der Waals surface area contributed by atoms with Gasteiger partial charge in [0.25, 0.3) is 0 Å². The number of benzene rings is 1. The van der Waals surface area contributed by atoms with Gasteiger partial charge in [0.1, 0.15) is 17.1 Å². The lowest BCUT2D eigenvalue weighted by Gasteiger charge is -2.13. The van der Waals surface area contributed by atoms with E-state index in [0.717, 1.165) is 34.4 Å². The normalized spacial score (nSPS) is 12.2. The van der Waals surface area contributed by atoms with Gasteiger partial charge in [0.05, 0.1) is 30.7 Å². The lowest BCUT2D eigenvalue weighted by Crippen LogP contribution is -2.18. The van der Waals surface area contributed by atoms with Gasteiger partial charge in [-0.2, -0.15) is 10.2 Å². The van der Waals surface area contributed by atoms with Crippen molar-refractivity contribution >= 4 is 10.9 Å². The van der Waals surface area contributed by atoms with Gasteiger partial charge in [-0.05, 0) is 37.6 Å². The van der Waals surface area contributed by atoms with Gasteiger partial charge in [-0.3, -0.25) is 14.5 Å². The van der Waals surface area contributed by atoms with Gasteiger partial charge in [0.15, 0.2) is 0 Å². The van der Waals surface area contributed by atoms with Crippen LogP contribution in [-0.4, -0.2) is 31.2 Å². The van der Waals surface area contributed by atoms with Crippen LogP contribution in [0, 0.1) is 0 Å². The van der Waals surface area contributed by atoms with Crippen molar-refractivity contribution in [2.75, 3.05) is 6.61 Å². The van der Waals surface area contributed by atoms with E-state index in [1.54, 1.807) is 29.3 Å². The molecule has 7 heteroatoms. The summed E-state index contributed by atoms with van der Waals surface area (Å²) in [7, 11) is 0. The Morgan fingerprint density at radius 3 is 2.76 bits per heavy atom. The average molecular weight is 389 g/mol. The minimum atomic E-state index is -0.170. The topological polar surface area (TPSA) is 74.8 Å². The first kappa shape index (κ1) is 18.9. The van der Waals surface area contributed by atoms with Gasteiger partial charge in [0.2, 0.25) is 5.43 Å². The second-order valence-electron chi connectivity index (χ2n) is 6.84. The molecule has 0 saturated heterocycles. The first-order valence-corrected chi connectivity index (χ1v) is 9.74. The monoisotopic (exact) mass is 389 g/mol. The highest BCUT2D eigenvalue weighted by Crippen LogP contribution is 2.26. The van der Waals surface area contributed by atoms with Crippen LogP contribution >= 0.6 is 0 Å². The van der Waals surface area contributed by atoms with Crippen molar-refractivity contribution in [2.24, 2.45) is 0 Å². The molecule has 3 heterocycles. The van der Waals surface area contributed by atoms with Crippen LogP contribution < -0.4 is 10.2 Å². The highest BCUT2D eigenvalue weighted by Gasteiger charge is 2.16. The van der Waals surface area contributed by atoms with Crippen molar-refractivity contribution in [2.45, 2.75) is 33.2 Å². The highest BCUT2D eigenvalue weighted by molar-refractivity contribution is 5.80. The Labute approximate surface area is 168 Å². The number of rotatable bonds is 6. The SMILES string of the molecule is CCOc1cnc2ccc(C(C)c3nn(-c4cnn(CC)c4)ccc3=O)cc2c1. The molecule has 1 unspecified atom stereocenters. The largest absolute Gasteiger partial charge is 0.492 e. The van der Waals surface area contributed by atoms with Crippen LogP contribution in [0.5, 0.6) is 5.75 Å². The Morgan fingerprint density at radius 1 is 1.14 bits per heavy atom. The summed E-state index contributed by atoms with van der Waals surface area (Å²) in [6.07, 6.45) is 7.05. The molecule has 0 bridgehead atoms. The summed E-state index contributed by atoms with van der Waals surface area (Å²) in [6.45, 7) is 7.32. The number of pyridine rings is 1. The maximum absolute atomic E-state index is 12.6. The maximum atomic E-state index is 12.6. The molecule has 7 nitrogen and oxygen atoms in total. The van der Waals surface area contributed by atoms with Crippen LogP contribution in [-0.2, 0) is 6.54 Å². The zero-order valence-corrected chi connectivity index (χ0v) is 16.7. The van der Waals surface area contributed by atoms with E-state index in [9.17, 15) is 4.79 Å². The molecule has 0 N–H and O–H groups in total. The Morgan fingerprint density at radius 2 is 2.00 bits per heavy atom. The van der Waals surface area contributed by atoms with Crippen molar-refractivity contribution in [3.8, 4) is 11.4 Å². The summed E-state index contributed by atoms with van der Waals surface area (Å²) in [4.78, 5) is 17.0. The molecule has 3 aromatic heterocycles. The van der Waals surface area contributed by atoms with Gasteiger partial charge in [-0.1, -0.05) is 13.0 Å². The molecule has 0 fully saturated rings. The molecule has 0 aliphatic carbocycles. The number of fused-ring (bicyclic) bond motifs is 1. The van der Waals surface area contributed by atoms with Gasteiger partial charge in [0, 0.05) is 30.1 Å². The van der Waals surface area contributed by atoms with Gasteiger partial charge < -0.3 is 4.74 Å². The molecule has 0 aliphatic heterocycles. The zero-order chi connectivity index (χ0) is 20.4. The Kier molecular flexibility index (Phi) is 5.12. The third kappa shape index (κ3) is 3.76. The molecule has 0 radical (unpaired) electrons. The summed E-state index contributed by atoms with van der Waals surface area (Å²) >= 11 is 0. The quantitative estimate of drug-likeness (QED) is 0.504. The summed E-state index contributed by atoms with van der Waals surface area (Å²) < 4.78 is 9.08. The third-order valence-electron chi connectivity index (χ3n) is 4.94. The number of aryl methyl sites for hydroxylation is 1. The van der Waals surface area contributed by atoms with Crippen molar-refractivity contribution in [1.82, 2.24) is 24.5 Å². The van der Waals surface area contributed by atoms with E-state index >= 15 is 0 Å².